The Labute approximate surface area is 114 Å². The minimum atomic E-state index is -0.605. The molecule has 0 bridgehead atoms. The summed E-state index contributed by atoms with van der Waals surface area (Å²) in [5, 5.41) is 22.5. The van der Waals surface area contributed by atoms with Crippen LogP contribution in [0.5, 0.6) is 11.5 Å². The highest BCUT2D eigenvalue weighted by molar-refractivity contribution is 5.93. The molecule has 1 amide bonds. The highest BCUT2D eigenvalue weighted by Gasteiger charge is 2.24. The van der Waals surface area contributed by atoms with Gasteiger partial charge in [-0.2, -0.15) is 0 Å². The molecule has 2 rings (SSSR count). The van der Waals surface area contributed by atoms with Gasteiger partial charge in [0, 0.05) is 12.5 Å². The predicted octanol–water partition coefficient (Wildman–Crippen LogP) is 1.42. The van der Waals surface area contributed by atoms with Crippen LogP contribution in [-0.4, -0.2) is 28.8 Å². The fourth-order valence-electron chi connectivity index (χ4n) is 1.74. The molecule has 8 nitrogen and oxygen atoms in total. The molecule has 108 valence electrons. The van der Waals surface area contributed by atoms with Crippen molar-refractivity contribution >= 4 is 17.3 Å². The van der Waals surface area contributed by atoms with Gasteiger partial charge < -0.3 is 19.9 Å². The van der Waals surface area contributed by atoms with Crippen molar-refractivity contribution in [1.82, 2.24) is 0 Å². The van der Waals surface area contributed by atoms with E-state index in [0.717, 1.165) is 0 Å². The number of amides is 1. The molecule has 1 aromatic carbocycles. The van der Waals surface area contributed by atoms with Gasteiger partial charge in [0.1, 0.15) is 5.69 Å². The number of nitro benzene ring substituents is 1. The van der Waals surface area contributed by atoms with E-state index in [0.29, 0.717) is 5.75 Å². The largest absolute Gasteiger partial charge is 0.454 e. The number of hydrogen-bond acceptors (Lipinski definition) is 6. The van der Waals surface area contributed by atoms with Crippen LogP contribution in [0.3, 0.4) is 0 Å². The zero-order valence-electron chi connectivity index (χ0n) is 10.8. The number of anilines is 1. The lowest BCUT2D eigenvalue weighted by atomic mass is 10.2. The van der Waals surface area contributed by atoms with Gasteiger partial charge in [0.05, 0.1) is 17.1 Å². The van der Waals surface area contributed by atoms with E-state index in [1.165, 1.54) is 12.1 Å². The quantitative estimate of drug-likeness (QED) is 0.624. The third kappa shape index (κ3) is 3.15. The summed E-state index contributed by atoms with van der Waals surface area (Å²) in [5.74, 6) is 0.216. The molecule has 0 aliphatic carbocycles. The van der Waals surface area contributed by atoms with Gasteiger partial charge in [-0.05, 0) is 13.3 Å². The van der Waals surface area contributed by atoms with Crippen molar-refractivity contribution in [2.24, 2.45) is 0 Å². The molecular weight excluding hydrogens is 268 g/mol. The van der Waals surface area contributed by atoms with Crippen molar-refractivity contribution in [2.45, 2.75) is 25.9 Å². The Kier molecular flexibility index (Phi) is 4.04. The molecule has 1 unspecified atom stereocenters. The van der Waals surface area contributed by atoms with E-state index in [2.05, 4.69) is 5.32 Å². The molecule has 0 aromatic heterocycles. The lowest BCUT2D eigenvalue weighted by Gasteiger charge is -2.08. The normalized spacial score (nSPS) is 13.9. The second-order valence-electron chi connectivity index (χ2n) is 4.42. The van der Waals surface area contributed by atoms with Crippen LogP contribution in [0.2, 0.25) is 0 Å². The summed E-state index contributed by atoms with van der Waals surface area (Å²) in [6.45, 7) is 1.56. The number of hydrogen-bond donors (Lipinski definition) is 2. The number of nitro groups is 1. The SMILES string of the molecule is CC(O)CCC(=O)Nc1cc2c(cc1[N+](=O)[O-])OCO2. The standard InChI is InChI=1S/C12H14N2O6/c1-7(15)2-3-12(16)13-8-4-10-11(20-6-19-10)5-9(8)14(17)18/h4-5,7,15H,2-3,6H2,1H3,(H,13,16). The molecule has 2 N–H and O–H groups in total. The van der Waals surface area contributed by atoms with E-state index in [9.17, 15) is 14.9 Å². The number of fused-ring (bicyclic) bond motifs is 1. The van der Waals surface area contributed by atoms with Crippen LogP contribution in [0, 0.1) is 10.1 Å². The fraction of sp³-hybridized carbons (Fsp3) is 0.417. The van der Waals surface area contributed by atoms with Crippen LogP contribution in [0.25, 0.3) is 0 Å². The highest BCUT2D eigenvalue weighted by atomic mass is 16.7. The monoisotopic (exact) mass is 282 g/mol. The minimum absolute atomic E-state index is 0.00802. The molecule has 1 atom stereocenters. The van der Waals surface area contributed by atoms with Gasteiger partial charge in [-0.25, -0.2) is 0 Å². The van der Waals surface area contributed by atoms with Gasteiger partial charge in [0.25, 0.3) is 5.69 Å². The Balaban J connectivity index is 2.18. The Hall–Kier alpha value is -2.35. The summed E-state index contributed by atoms with van der Waals surface area (Å²) < 4.78 is 10.2. The second kappa shape index (κ2) is 5.74. The maximum absolute atomic E-state index is 11.7. The maximum Gasteiger partial charge on any atom is 0.296 e. The lowest BCUT2D eigenvalue weighted by Crippen LogP contribution is -2.15. The van der Waals surface area contributed by atoms with Crippen molar-refractivity contribution in [3.63, 3.8) is 0 Å². The fourth-order valence-corrected chi connectivity index (χ4v) is 1.74. The summed E-state index contributed by atoms with van der Waals surface area (Å²) in [6.07, 6.45) is -0.250. The van der Waals surface area contributed by atoms with Gasteiger partial charge >= 0.3 is 0 Å². The van der Waals surface area contributed by atoms with E-state index >= 15 is 0 Å². The Bertz CT molecular complexity index is 543. The van der Waals surface area contributed by atoms with Crippen molar-refractivity contribution in [3.8, 4) is 11.5 Å². The van der Waals surface area contributed by atoms with Gasteiger partial charge in [0.15, 0.2) is 11.5 Å². The molecule has 1 heterocycles. The van der Waals surface area contributed by atoms with Crippen LogP contribution < -0.4 is 14.8 Å². The number of carbonyl (C=O) groups excluding carboxylic acids is 1. The number of rotatable bonds is 5. The van der Waals surface area contributed by atoms with Crippen molar-refractivity contribution in [1.29, 1.82) is 0 Å². The first-order valence-electron chi connectivity index (χ1n) is 6.03. The first kappa shape index (κ1) is 14.1. The lowest BCUT2D eigenvalue weighted by molar-refractivity contribution is -0.384. The first-order chi connectivity index (χ1) is 9.47. The van der Waals surface area contributed by atoms with Crippen LogP contribution in [0.1, 0.15) is 19.8 Å². The van der Waals surface area contributed by atoms with Gasteiger partial charge in [0.2, 0.25) is 12.7 Å². The summed E-state index contributed by atoms with van der Waals surface area (Å²) in [5.41, 5.74) is -0.213. The van der Waals surface area contributed by atoms with E-state index in [4.69, 9.17) is 14.6 Å². The first-order valence-corrected chi connectivity index (χ1v) is 6.03. The van der Waals surface area contributed by atoms with E-state index < -0.39 is 16.9 Å². The van der Waals surface area contributed by atoms with E-state index in [-0.39, 0.29) is 36.8 Å². The molecule has 0 radical (unpaired) electrons. The molecule has 8 heteroatoms. The number of aliphatic hydroxyl groups excluding tert-OH is 1. The molecule has 1 aliphatic rings. The molecular formula is C12H14N2O6. The Morgan fingerprint density at radius 1 is 1.50 bits per heavy atom. The number of nitrogens with zero attached hydrogens (tertiary/aromatic N) is 1. The van der Waals surface area contributed by atoms with Crippen LogP contribution in [-0.2, 0) is 4.79 Å². The minimum Gasteiger partial charge on any atom is -0.454 e. The second-order valence-corrected chi connectivity index (χ2v) is 4.42. The van der Waals surface area contributed by atoms with Crippen molar-refractivity contribution < 1.29 is 24.3 Å². The average molecular weight is 282 g/mol. The predicted molar refractivity (Wildman–Crippen MR) is 68.8 cm³/mol. The number of benzene rings is 1. The number of carbonyl (C=O) groups is 1. The molecule has 1 aliphatic heterocycles. The molecule has 0 saturated heterocycles. The Morgan fingerprint density at radius 2 is 2.15 bits per heavy atom. The third-order valence-corrected chi connectivity index (χ3v) is 2.75. The number of aliphatic hydroxyl groups is 1. The summed E-state index contributed by atoms with van der Waals surface area (Å²) in [4.78, 5) is 22.1. The smallest absolute Gasteiger partial charge is 0.296 e. The van der Waals surface area contributed by atoms with Gasteiger partial charge in [-0.1, -0.05) is 0 Å². The van der Waals surface area contributed by atoms with E-state index in [1.54, 1.807) is 6.92 Å². The third-order valence-electron chi connectivity index (χ3n) is 2.75. The number of ether oxygens (including phenoxy) is 2. The average Bonchev–Trinajstić information content (AvgIpc) is 2.82. The summed E-state index contributed by atoms with van der Waals surface area (Å²) in [6, 6.07) is 2.58. The molecule has 20 heavy (non-hydrogen) atoms. The van der Waals surface area contributed by atoms with Gasteiger partial charge in [-0.15, -0.1) is 0 Å². The Morgan fingerprint density at radius 3 is 2.75 bits per heavy atom. The summed E-state index contributed by atoms with van der Waals surface area (Å²) in [7, 11) is 0. The maximum atomic E-state index is 11.7. The summed E-state index contributed by atoms with van der Waals surface area (Å²) >= 11 is 0. The van der Waals surface area contributed by atoms with Crippen LogP contribution >= 0.6 is 0 Å². The molecule has 0 fully saturated rings. The zero-order valence-corrected chi connectivity index (χ0v) is 10.8. The van der Waals surface area contributed by atoms with Gasteiger partial charge in [-0.3, -0.25) is 14.9 Å². The van der Waals surface area contributed by atoms with E-state index in [1.807, 2.05) is 0 Å². The molecule has 1 aromatic rings. The highest BCUT2D eigenvalue weighted by Crippen LogP contribution is 2.40. The van der Waals surface area contributed by atoms with Crippen molar-refractivity contribution in [2.75, 3.05) is 12.1 Å². The molecule has 0 spiro atoms. The van der Waals surface area contributed by atoms with Crippen LogP contribution in [0.15, 0.2) is 12.1 Å². The topological polar surface area (TPSA) is 111 Å². The van der Waals surface area contributed by atoms with Crippen molar-refractivity contribution in [3.05, 3.63) is 22.2 Å². The zero-order chi connectivity index (χ0) is 14.7. The number of nitrogens with one attached hydrogen (secondary N) is 1. The van der Waals surface area contributed by atoms with Crippen LogP contribution in [0.4, 0.5) is 11.4 Å². The molecule has 0 saturated carbocycles.